The summed E-state index contributed by atoms with van der Waals surface area (Å²) in [5.41, 5.74) is 1.19. The lowest BCUT2D eigenvalue weighted by atomic mass is 10.0. The molecule has 1 aromatic heterocycles. The third kappa shape index (κ3) is 3.64. The number of aromatic nitrogens is 1. The SMILES string of the molecule is CC1CCCN(c2ncc(CNC3CC3)cc2Cl)CC1. The van der Waals surface area contributed by atoms with Crippen molar-refractivity contribution in [1.29, 1.82) is 0 Å². The van der Waals surface area contributed by atoms with Crippen LogP contribution in [-0.4, -0.2) is 24.1 Å². The molecule has 1 N–H and O–H groups in total. The minimum atomic E-state index is 0.723. The molecular formula is C16H24ClN3. The molecule has 1 aliphatic heterocycles. The number of pyridine rings is 1. The Bertz CT molecular complexity index is 459. The third-order valence-electron chi connectivity index (χ3n) is 4.37. The molecule has 0 aromatic carbocycles. The van der Waals surface area contributed by atoms with Gasteiger partial charge in [-0.25, -0.2) is 4.98 Å². The number of nitrogens with zero attached hydrogens (tertiary/aromatic N) is 2. The summed E-state index contributed by atoms with van der Waals surface area (Å²) in [5.74, 6) is 1.79. The number of hydrogen-bond acceptors (Lipinski definition) is 3. The molecule has 1 saturated heterocycles. The molecule has 1 unspecified atom stereocenters. The van der Waals surface area contributed by atoms with Crippen LogP contribution in [-0.2, 0) is 6.54 Å². The van der Waals surface area contributed by atoms with E-state index in [9.17, 15) is 0 Å². The van der Waals surface area contributed by atoms with Gasteiger partial charge in [-0.05, 0) is 49.7 Å². The zero-order valence-electron chi connectivity index (χ0n) is 12.2. The molecule has 1 aliphatic carbocycles. The van der Waals surface area contributed by atoms with Crippen LogP contribution in [0.2, 0.25) is 5.02 Å². The van der Waals surface area contributed by atoms with Gasteiger partial charge in [0.05, 0.1) is 5.02 Å². The van der Waals surface area contributed by atoms with E-state index in [2.05, 4.69) is 28.2 Å². The zero-order chi connectivity index (χ0) is 13.9. The number of nitrogens with one attached hydrogen (secondary N) is 1. The van der Waals surface area contributed by atoms with Crippen LogP contribution >= 0.6 is 11.6 Å². The molecule has 0 spiro atoms. The predicted octanol–water partition coefficient (Wildman–Crippen LogP) is 3.61. The minimum absolute atomic E-state index is 0.723. The largest absolute Gasteiger partial charge is 0.355 e. The van der Waals surface area contributed by atoms with E-state index >= 15 is 0 Å². The molecule has 0 radical (unpaired) electrons. The topological polar surface area (TPSA) is 28.2 Å². The van der Waals surface area contributed by atoms with Crippen molar-refractivity contribution in [3.8, 4) is 0 Å². The Labute approximate surface area is 126 Å². The molecular weight excluding hydrogens is 270 g/mol. The molecule has 1 saturated carbocycles. The van der Waals surface area contributed by atoms with Crippen molar-refractivity contribution in [2.24, 2.45) is 5.92 Å². The number of hydrogen-bond donors (Lipinski definition) is 1. The first-order valence-corrected chi connectivity index (χ1v) is 8.23. The summed E-state index contributed by atoms with van der Waals surface area (Å²) in [5, 5.41) is 4.30. The zero-order valence-corrected chi connectivity index (χ0v) is 13.0. The molecule has 3 rings (SSSR count). The standard InChI is InChI=1S/C16H24ClN3/c1-12-3-2-7-20(8-6-12)16-15(17)9-13(11-19-16)10-18-14-4-5-14/h9,11-12,14,18H,2-8,10H2,1H3. The van der Waals surface area contributed by atoms with Crippen molar-refractivity contribution < 1.29 is 0 Å². The highest BCUT2D eigenvalue weighted by Gasteiger charge is 2.21. The molecule has 2 aliphatic rings. The molecule has 20 heavy (non-hydrogen) atoms. The monoisotopic (exact) mass is 293 g/mol. The van der Waals surface area contributed by atoms with E-state index in [1.807, 2.05) is 6.20 Å². The Balaban J connectivity index is 1.66. The van der Waals surface area contributed by atoms with Crippen LogP contribution < -0.4 is 10.2 Å². The van der Waals surface area contributed by atoms with E-state index in [1.165, 1.54) is 37.7 Å². The second-order valence-electron chi connectivity index (χ2n) is 6.33. The lowest BCUT2D eigenvalue weighted by Crippen LogP contribution is -2.25. The summed E-state index contributed by atoms with van der Waals surface area (Å²) in [6.07, 6.45) is 8.39. The first-order chi connectivity index (χ1) is 9.72. The van der Waals surface area contributed by atoms with Gasteiger partial charge in [-0.1, -0.05) is 18.5 Å². The van der Waals surface area contributed by atoms with Crippen LogP contribution in [0, 0.1) is 5.92 Å². The maximum Gasteiger partial charge on any atom is 0.147 e. The summed E-state index contributed by atoms with van der Waals surface area (Å²) in [7, 11) is 0. The first kappa shape index (κ1) is 14.2. The highest BCUT2D eigenvalue weighted by molar-refractivity contribution is 6.33. The average Bonchev–Trinajstić information content (AvgIpc) is 3.25. The van der Waals surface area contributed by atoms with Crippen molar-refractivity contribution in [3.63, 3.8) is 0 Å². The van der Waals surface area contributed by atoms with Gasteiger partial charge in [0.1, 0.15) is 5.82 Å². The predicted molar refractivity (Wildman–Crippen MR) is 84.3 cm³/mol. The number of anilines is 1. The Morgan fingerprint density at radius 1 is 1.30 bits per heavy atom. The normalized spacial score (nSPS) is 23.7. The quantitative estimate of drug-likeness (QED) is 0.919. The van der Waals surface area contributed by atoms with Gasteiger partial charge in [-0.15, -0.1) is 0 Å². The van der Waals surface area contributed by atoms with Crippen LogP contribution in [0.25, 0.3) is 0 Å². The fraction of sp³-hybridized carbons (Fsp3) is 0.688. The fourth-order valence-corrected chi connectivity index (χ4v) is 3.13. The van der Waals surface area contributed by atoms with E-state index in [1.54, 1.807) is 0 Å². The summed E-state index contributed by atoms with van der Waals surface area (Å²) in [4.78, 5) is 6.97. The van der Waals surface area contributed by atoms with Crippen LogP contribution in [0.3, 0.4) is 0 Å². The van der Waals surface area contributed by atoms with Crippen molar-refractivity contribution >= 4 is 17.4 Å². The number of halogens is 1. The Hall–Kier alpha value is -0.800. The summed E-state index contributed by atoms with van der Waals surface area (Å²) in [6.45, 7) is 5.38. The van der Waals surface area contributed by atoms with Crippen molar-refractivity contribution in [1.82, 2.24) is 10.3 Å². The third-order valence-corrected chi connectivity index (χ3v) is 4.65. The summed E-state index contributed by atoms with van der Waals surface area (Å²) >= 11 is 6.45. The molecule has 4 heteroatoms. The van der Waals surface area contributed by atoms with Gasteiger partial charge in [0.2, 0.25) is 0 Å². The van der Waals surface area contributed by atoms with Gasteiger partial charge in [0.15, 0.2) is 0 Å². The Morgan fingerprint density at radius 2 is 2.15 bits per heavy atom. The molecule has 0 amide bonds. The van der Waals surface area contributed by atoms with Crippen LogP contribution in [0.5, 0.6) is 0 Å². The lowest BCUT2D eigenvalue weighted by molar-refractivity contribution is 0.521. The average molecular weight is 294 g/mol. The summed E-state index contributed by atoms with van der Waals surface area (Å²) in [6, 6.07) is 2.80. The Kier molecular flexibility index (Phi) is 4.47. The molecule has 2 fully saturated rings. The van der Waals surface area contributed by atoms with Gasteiger partial charge >= 0.3 is 0 Å². The van der Waals surface area contributed by atoms with Crippen molar-refractivity contribution in [2.45, 2.75) is 51.6 Å². The summed E-state index contributed by atoms with van der Waals surface area (Å²) < 4.78 is 0. The second kappa shape index (κ2) is 6.31. The Morgan fingerprint density at radius 3 is 2.90 bits per heavy atom. The van der Waals surface area contributed by atoms with Gasteiger partial charge in [0, 0.05) is 31.9 Å². The van der Waals surface area contributed by atoms with E-state index in [4.69, 9.17) is 11.6 Å². The second-order valence-corrected chi connectivity index (χ2v) is 6.73. The molecule has 2 heterocycles. The maximum atomic E-state index is 6.45. The smallest absolute Gasteiger partial charge is 0.147 e. The van der Waals surface area contributed by atoms with Gasteiger partial charge in [-0.2, -0.15) is 0 Å². The molecule has 1 aromatic rings. The van der Waals surface area contributed by atoms with Crippen LogP contribution in [0.15, 0.2) is 12.3 Å². The van der Waals surface area contributed by atoms with E-state index < -0.39 is 0 Å². The van der Waals surface area contributed by atoms with Gasteiger partial charge in [-0.3, -0.25) is 0 Å². The van der Waals surface area contributed by atoms with Crippen LogP contribution in [0.1, 0.15) is 44.6 Å². The highest BCUT2D eigenvalue weighted by atomic mass is 35.5. The highest BCUT2D eigenvalue weighted by Crippen LogP contribution is 2.28. The molecule has 110 valence electrons. The molecule has 1 atom stereocenters. The van der Waals surface area contributed by atoms with Gasteiger partial charge in [0.25, 0.3) is 0 Å². The maximum absolute atomic E-state index is 6.45. The molecule has 3 nitrogen and oxygen atoms in total. The van der Waals surface area contributed by atoms with E-state index in [-0.39, 0.29) is 0 Å². The fourth-order valence-electron chi connectivity index (χ4n) is 2.82. The lowest BCUT2D eigenvalue weighted by Gasteiger charge is -2.23. The van der Waals surface area contributed by atoms with E-state index in [0.29, 0.717) is 0 Å². The first-order valence-electron chi connectivity index (χ1n) is 7.85. The van der Waals surface area contributed by atoms with Crippen molar-refractivity contribution in [3.05, 3.63) is 22.8 Å². The van der Waals surface area contributed by atoms with E-state index in [0.717, 1.165) is 42.4 Å². The van der Waals surface area contributed by atoms with Crippen LogP contribution in [0.4, 0.5) is 5.82 Å². The van der Waals surface area contributed by atoms with Crippen molar-refractivity contribution in [2.75, 3.05) is 18.0 Å². The van der Waals surface area contributed by atoms with Gasteiger partial charge < -0.3 is 10.2 Å². The molecule has 0 bridgehead atoms. The minimum Gasteiger partial charge on any atom is -0.355 e. The number of rotatable bonds is 4.